The Morgan fingerprint density at radius 3 is 2.22 bits per heavy atom. The van der Waals surface area contributed by atoms with Gasteiger partial charge >= 0.3 is 5.97 Å². The van der Waals surface area contributed by atoms with Gasteiger partial charge < -0.3 is 25.8 Å². The Morgan fingerprint density at radius 1 is 1.13 bits per heavy atom. The number of aliphatic carboxylic acids is 1. The molecule has 122 valence electrons. The molecule has 0 aliphatic rings. The zero-order valence-electron chi connectivity index (χ0n) is 12.0. The van der Waals surface area contributed by atoms with Gasteiger partial charge in [0.1, 0.15) is 22.4 Å². The smallest absolute Gasteiger partial charge is 0.320 e. The Labute approximate surface area is 135 Å². The Hall–Kier alpha value is -2.58. The molecule has 0 bridgehead atoms. The molecule has 0 heterocycles. The number of phenols is 2. The first-order chi connectivity index (χ1) is 10.9. The number of carbonyl (C=O) groups is 1. The van der Waals surface area contributed by atoms with Gasteiger partial charge in [-0.1, -0.05) is 18.2 Å². The van der Waals surface area contributed by atoms with Crippen molar-refractivity contribution in [2.24, 2.45) is 5.73 Å². The normalized spacial score (nSPS) is 13.3. The molecule has 2 unspecified atom stereocenters. The summed E-state index contributed by atoms with van der Waals surface area (Å²) in [6, 6.07) is 9.64. The number of anilines is 1. The summed E-state index contributed by atoms with van der Waals surface area (Å²) in [7, 11) is -1.85. The molecule has 0 aromatic heterocycles. The highest BCUT2D eigenvalue weighted by atomic mass is 32.2. The molecule has 2 aromatic rings. The first kappa shape index (κ1) is 16.8. The van der Waals surface area contributed by atoms with Crippen LogP contribution in [0.25, 0.3) is 0 Å². The van der Waals surface area contributed by atoms with E-state index in [1.807, 2.05) is 0 Å². The number of aromatic hydroxyl groups is 2. The summed E-state index contributed by atoms with van der Waals surface area (Å²) >= 11 is 0. The SMILES string of the molecule is NC(Cc1ccc(NS(=O)c2c(O)cccc2O)cc1)C(=O)O. The van der Waals surface area contributed by atoms with E-state index in [0.29, 0.717) is 5.69 Å². The topological polar surface area (TPSA) is 133 Å². The van der Waals surface area contributed by atoms with Gasteiger partial charge in [-0.15, -0.1) is 0 Å². The lowest BCUT2D eigenvalue weighted by Crippen LogP contribution is -2.32. The molecule has 2 atom stereocenters. The van der Waals surface area contributed by atoms with E-state index in [-0.39, 0.29) is 22.8 Å². The van der Waals surface area contributed by atoms with Crippen molar-refractivity contribution in [3.63, 3.8) is 0 Å². The Kier molecular flexibility index (Phi) is 5.20. The maximum absolute atomic E-state index is 12.2. The lowest BCUT2D eigenvalue weighted by atomic mass is 10.1. The van der Waals surface area contributed by atoms with E-state index in [1.165, 1.54) is 18.2 Å². The number of nitrogens with one attached hydrogen (secondary N) is 1. The highest BCUT2D eigenvalue weighted by Crippen LogP contribution is 2.30. The van der Waals surface area contributed by atoms with E-state index in [9.17, 15) is 19.2 Å². The maximum atomic E-state index is 12.2. The number of benzene rings is 2. The molecule has 8 heteroatoms. The number of rotatable bonds is 6. The fourth-order valence-corrected chi connectivity index (χ4v) is 2.88. The highest BCUT2D eigenvalue weighted by Gasteiger charge is 2.15. The van der Waals surface area contributed by atoms with Gasteiger partial charge in [-0.2, -0.15) is 0 Å². The zero-order chi connectivity index (χ0) is 17.0. The van der Waals surface area contributed by atoms with E-state index < -0.39 is 23.0 Å². The number of phenolic OH excluding ortho intramolecular Hbond substituents is 2. The van der Waals surface area contributed by atoms with Crippen LogP contribution in [0.15, 0.2) is 47.4 Å². The fraction of sp³-hybridized carbons (Fsp3) is 0.133. The average Bonchev–Trinajstić information content (AvgIpc) is 2.49. The lowest BCUT2D eigenvalue weighted by Gasteiger charge is -2.10. The Bertz CT molecular complexity index is 713. The van der Waals surface area contributed by atoms with Crippen LogP contribution < -0.4 is 10.5 Å². The maximum Gasteiger partial charge on any atom is 0.320 e. The number of nitrogens with two attached hydrogens (primary N) is 1. The van der Waals surface area contributed by atoms with Gasteiger partial charge in [-0.05, 0) is 36.2 Å². The standard InChI is InChI=1S/C15H16N2O5S/c16-11(15(20)21)8-9-4-6-10(7-5-9)17-23(22)14-12(18)2-1-3-13(14)19/h1-7,11,17-19H,8,16H2,(H,20,21). The minimum Gasteiger partial charge on any atom is -0.506 e. The van der Waals surface area contributed by atoms with E-state index in [1.54, 1.807) is 24.3 Å². The second-order valence-corrected chi connectivity index (χ2v) is 5.99. The van der Waals surface area contributed by atoms with E-state index in [2.05, 4.69) is 4.72 Å². The van der Waals surface area contributed by atoms with Gasteiger partial charge in [0.25, 0.3) is 0 Å². The Balaban J connectivity index is 2.09. The van der Waals surface area contributed by atoms with Gasteiger partial charge in [0.15, 0.2) is 11.0 Å². The van der Waals surface area contributed by atoms with Crippen LogP contribution in [0.2, 0.25) is 0 Å². The first-order valence-electron chi connectivity index (χ1n) is 6.65. The second-order valence-electron chi connectivity index (χ2n) is 4.84. The minimum absolute atomic E-state index is 0.107. The van der Waals surface area contributed by atoms with Crippen LogP contribution in [-0.2, 0) is 22.2 Å². The number of carboxylic acid groups (broad SMARTS) is 1. The number of hydrogen-bond donors (Lipinski definition) is 5. The molecular formula is C15H16N2O5S. The lowest BCUT2D eigenvalue weighted by molar-refractivity contribution is -0.138. The van der Waals surface area contributed by atoms with Crippen molar-refractivity contribution >= 4 is 22.6 Å². The summed E-state index contributed by atoms with van der Waals surface area (Å²) < 4.78 is 14.8. The van der Waals surface area contributed by atoms with Crippen molar-refractivity contribution in [2.45, 2.75) is 17.4 Å². The van der Waals surface area contributed by atoms with Crippen LogP contribution in [0.5, 0.6) is 11.5 Å². The zero-order valence-corrected chi connectivity index (χ0v) is 12.8. The molecule has 0 aliphatic carbocycles. The second kappa shape index (κ2) is 7.12. The number of hydrogen-bond acceptors (Lipinski definition) is 5. The minimum atomic E-state index is -1.85. The van der Waals surface area contributed by atoms with E-state index in [0.717, 1.165) is 5.56 Å². The molecule has 2 aromatic carbocycles. The summed E-state index contributed by atoms with van der Waals surface area (Å²) in [5, 5.41) is 28.1. The van der Waals surface area contributed by atoms with Crippen molar-refractivity contribution in [2.75, 3.05) is 4.72 Å². The average molecular weight is 336 g/mol. The molecule has 0 spiro atoms. The van der Waals surface area contributed by atoms with Crippen LogP contribution in [0.4, 0.5) is 5.69 Å². The predicted octanol–water partition coefficient (Wildman–Crippen LogP) is 1.19. The molecule has 6 N–H and O–H groups in total. The van der Waals surface area contributed by atoms with Crippen molar-refractivity contribution in [1.29, 1.82) is 0 Å². The van der Waals surface area contributed by atoms with Crippen LogP contribution in [0.3, 0.4) is 0 Å². The largest absolute Gasteiger partial charge is 0.506 e. The molecule has 0 radical (unpaired) electrons. The van der Waals surface area contributed by atoms with Crippen LogP contribution in [-0.4, -0.2) is 31.5 Å². The molecular weight excluding hydrogens is 320 g/mol. The third kappa shape index (κ3) is 4.21. The molecule has 0 fully saturated rings. The van der Waals surface area contributed by atoms with Crippen molar-refractivity contribution in [3.05, 3.63) is 48.0 Å². The summed E-state index contributed by atoms with van der Waals surface area (Å²) in [6.45, 7) is 0. The number of carboxylic acids is 1. The molecule has 0 saturated heterocycles. The van der Waals surface area contributed by atoms with E-state index in [4.69, 9.17) is 10.8 Å². The van der Waals surface area contributed by atoms with Crippen LogP contribution in [0, 0.1) is 0 Å². The third-order valence-corrected chi connectivity index (χ3v) is 4.31. The summed E-state index contributed by atoms with van der Waals surface area (Å²) in [5.74, 6) is -1.64. The summed E-state index contributed by atoms with van der Waals surface area (Å²) in [4.78, 5) is 10.6. The molecule has 0 saturated carbocycles. The summed E-state index contributed by atoms with van der Waals surface area (Å²) in [5.41, 5.74) is 6.67. The molecule has 2 rings (SSSR count). The third-order valence-electron chi connectivity index (χ3n) is 3.10. The Morgan fingerprint density at radius 2 is 1.70 bits per heavy atom. The van der Waals surface area contributed by atoms with Crippen molar-refractivity contribution in [3.8, 4) is 11.5 Å². The van der Waals surface area contributed by atoms with Crippen molar-refractivity contribution in [1.82, 2.24) is 0 Å². The highest BCUT2D eigenvalue weighted by molar-refractivity contribution is 7.86. The monoisotopic (exact) mass is 336 g/mol. The predicted molar refractivity (Wildman–Crippen MR) is 85.6 cm³/mol. The van der Waals surface area contributed by atoms with Gasteiger partial charge in [0, 0.05) is 5.69 Å². The van der Waals surface area contributed by atoms with Gasteiger partial charge in [-0.3, -0.25) is 4.79 Å². The fourth-order valence-electron chi connectivity index (χ4n) is 1.91. The summed E-state index contributed by atoms with van der Waals surface area (Å²) in [6.07, 6.45) is 0.180. The van der Waals surface area contributed by atoms with Crippen LogP contribution in [0.1, 0.15) is 5.56 Å². The molecule has 0 aliphatic heterocycles. The van der Waals surface area contributed by atoms with Gasteiger partial charge in [-0.25, -0.2) is 4.21 Å². The van der Waals surface area contributed by atoms with Crippen molar-refractivity contribution < 1.29 is 24.3 Å². The molecule has 7 nitrogen and oxygen atoms in total. The first-order valence-corrected chi connectivity index (χ1v) is 7.80. The quantitative estimate of drug-likeness (QED) is 0.538. The van der Waals surface area contributed by atoms with E-state index >= 15 is 0 Å². The molecule has 0 amide bonds. The van der Waals surface area contributed by atoms with Crippen LogP contribution >= 0.6 is 0 Å². The molecule has 23 heavy (non-hydrogen) atoms. The van der Waals surface area contributed by atoms with Gasteiger partial charge in [0.2, 0.25) is 0 Å². The van der Waals surface area contributed by atoms with Gasteiger partial charge in [0.05, 0.1) is 0 Å².